The fraction of sp³-hybridized carbons (Fsp3) is 0.483. The highest BCUT2D eigenvalue weighted by molar-refractivity contribution is 6.41. The van der Waals surface area contributed by atoms with Gasteiger partial charge in [-0.15, -0.1) is 0 Å². The van der Waals surface area contributed by atoms with E-state index in [0.717, 1.165) is 23.6 Å². The molecule has 0 aromatic heterocycles. The van der Waals surface area contributed by atoms with Crippen LogP contribution in [0.2, 0.25) is 0 Å². The molecule has 216 valence electrons. The number of anilines is 1. The summed E-state index contributed by atoms with van der Waals surface area (Å²) in [5.74, 6) is -1.43. The zero-order valence-corrected chi connectivity index (χ0v) is 24.0. The van der Waals surface area contributed by atoms with Crippen molar-refractivity contribution >= 4 is 40.0 Å². The Bertz CT molecular complexity index is 1240. The van der Waals surface area contributed by atoms with Crippen LogP contribution in [0.5, 0.6) is 0 Å². The number of hydrogen-bond acceptors (Lipinski definition) is 7. The maximum atomic E-state index is 15.4. The first-order chi connectivity index (χ1) is 19.3. The molecule has 1 fully saturated rings. The molecule has 1 heterocycles. The SMILES string of the molecule is [B]C([B])(Nc1cccc(C)c1CN(C=O)C(O)(CCC=O)C(=O)NC)c1ccc(CN2CC(C)OC(C)C2)cc1F. The average molecular weight is 562 g/mol. The van der Waals surface area contributed by atoms with Crippen molar-refractivity contribution < 1.29 is 28.6 Å². The highest BCUT2D eigenvalue weighted by atomic mass is 19.1. The first kappa shape index (κ1) is 32.3. The largest absolute Gasteiger partial charge is 0.392 e. The van der Waals surface area contributed by atoms with Gasteiger partial charge < -0.3 is 30.2 Å². The van der Waals surface area contributed by atoms with Crippen LogP contribution in [-0.4, -0.2) is 87.3 Å². The van der Waals surface area contributed by atoms with Gasteiger partial charge in [0.2, 0.25) is 12.1 Å². The van der Waals surface area contributed by atoms with Crippen LogP contribution in [0.25, 0.3) is 0 Å². The molecule has 3 atom stereocenters. The lowest BCUT2D eigenvalue weighted by Gasteiger charge is -2.37. The predicted octanol–water partition coefficient (Wildman–Crippen LogP) is 1.67. The number of aliphatic hydroxyl groups is 1. The van der Waals surface area contributed by atoms with Crippen molar-refractivity contribution in [2.75, 3.05) is 25.5 Å². The third-order valence-corrected chi connectivity index (χ3v) is 7.26. The lowest BCUT2D eigenvalue weighted by Crippen LogP contribution is -2.57. The Balaban J connectivity index is 1.86. The van der Waals surface area contributed by atoms with E-state index in [-0.39, 0.29) is 37.2 Å². The highest BCUT2D eigenvalue weighted by Crippen LogP contribution is 2.31. The van der Waals surface area contributed by atoms with Gasteiger partial charge in [0.15, 0.2) is 0 Å². The molecule has 9 nitrogen and oxygen atoms in total. The Labute approximate surface area is 243 Å². The van der Waals surface area contributed by atoms with Crippen LogP contribution in [0.4, 0.5) is 10.1 Å². The zero-order valence-electron chi connectivity index (χ0n) is 24.0. The average Bonchev–Trinajstić information content (AvgIpc) is 2.90. The Kier molecular flexibility index (Phi) is 10.7. The Morgan fingerprint density at radius 1 is 1.22 bits per heavy atom. The molecule has 41 heavy (non-hydrogen) atoms. The molecule has 2 aromatic carbocycles. The standard InChI is InChI=1S/C29H37B2FN4O5/c1-19-7-5-8-26(23(19)17-36(18-38)28(40,11-6-12-37)27(39)33-4)34-29(30,31)24-10-9-22(13-25(24)32)16-35-14-20(2)41-21(3)15-35/h5,7-10,12-13,18,20-21,34,40H,6,11,14-17H2,1-4H3,(H,33,39). The summed E-state index contributed by atoms with van der Waals surface area (Å²) < 4.78 is 21.2. The van der Waals surface area contributed by atoms with Gasteiger partial charge in [-0.1, -0.05) is 24.3 Å². The van der Waals surface area contributed by atoms with Crippen molar-refractivity contribution in [3.63, 3.8) is 0 Å². The molecule has 0 saturated carbocycles. The molecule has 0 spiro atoms. The lowest BCUT2D eigenvalue weighted by atomic mass is 9.57. The van der Waals surface area contributed by atoms with E-state index in [0.29, 0.717) is 36.1 Å². The number of halogens is 1. The summed E-state index contributed by atoms with van der Waals surface area (Å²) in [5, 5.41) is 14.6. The van der Waals surface area contributed by atoms with Crippen LogP contribution >= 0.6 is 0 Å². The van der Waals surface area contributed by atoms with E-state index in [1.807, 2.05) is 13.8 Å². The van der Waals surface area contributed by atoms with Crippen molar-refractivity contribution in [3.05, 3.63) is 64.5 Å². The van der Waals surface area contributed by atoms with Crippen molar-refractivity contribution in [2.45, 2.75) is 70.0 Å². The van der Waals surface area contributed by atoms with Crippen LogP contribution in [0, 0.1) is 12.7 Å². The van der Waals surface area contributed by atoms with Crippen LogP contribution in [-0.2, 0) is 37.5 Å². The number of carbonyl (C=O) groups is 3. The number of hydrogen-bond donors (Lipinski definition) is 3. The maximum Gasteiger partial charge on any atom is 0.273 e. The van der Waals surface area contributed by atoms with Gasteiger partial charge in [-0.25, -0.2) is 4.39 Å². The van der Waals surface area contributed by atoms with Gasteiger partial charge in [-0.2, -0.15) is 0 Å². The summed E-state index contributed by atoms with van der Waals surface area (Å²) in [5.41, 5.74) is 0.0640. The predicted molar refractivity (Wildman–Crippen MR) is 156 cm³/mol. The van der Waals surface area contributed by atoms with Gasteiger partial charge in [-0.05, 0) is 60.5 Å². The third kappa shape index (κ3) is 7.75. The number of aryl methyl sites for hydroxylation is 1. The smallest absolute Gasteiger partial charge is 0.273 e. The molecule has 3 rings (SSSR count). The lowest BCUT2D eigenvalue weighted by molar-refractivity contribution is -0.171. The minimum atomic E-state index is -2.28. The quantitative estimate of drug-likeness (QED) is 0.194. The van der Waals surface area contributed by atoms with E-state index in [2.05, 4.69) is 15.5 Å². The van der Waals surface area contributed by atoms with E-state index in [4.69, 9.17) is 20.4 Å². The summed E-state index contributed by atoms with van der Waals surface area (Å²) >= 11 is 0. The minimum Gasteiger partial charge on any atom is -0.392 e. The maximum absolute atomic E-state index is 15.4. The van der Waals surface area contributed by atoms with Gasteiger partial charge in [-0.3, -0.25) is 14.5 Å². The number of aldehydes is 1. The molecular weight excluding hydrogens is 525 g/mol. The molecule has 0 aliphatic carbocycles. The fourth-order valence-electron chi connectivity index (χ4n) is 5.26. The molecule has 4 radical (unpaired) electrons. The summed E-state index contributed by atoms with van der Waals surface area (Å²) in [6.45, 7) is 7.59. The van der Waals surface area contributed by atoms with Crippen LogP contribution in [0.15, 0.2) is 36.4 Å². The zero-order chi connectivity index (χ0) is 30.4. The molecule has 1 aliphatic heterocycles. The van der Waals surface area contributed by atoms with E-state index in [1.165, 1.54) is 13.1 Å². The number of carbonyl (C=O) groups excluding carboxylic acids is 3. The van der Waals surface area contributed by atoms with Crippen molar-refractivity contribution in [1.29, 1.82) is 0 Å². The van der Waals surface area contributed by atoms with Gasteiger partial charge in [0, 0.05) is 45.2 Å². The molecular formula is C29H37B2FN4O5. The molecule has 2 aromatic rings. The number of nitrogens with one attached hydrogen (secondary N) is 2. The topological polar surface area (TPSA) is 111 Å². The number of likely N-dealkylation sites (N-methyl/N-ethyl adjacent to an activating group) is 1. The number of morpholine rings is 1. The molecule has 1 aliphatic rings. The molecule has 12 heteroatoms. The second-order valence-electron chi connectivity index (χ2n) is 10.7. The van der Waals surface area contributed by atoms with Gasteiger partial charge in [0.1, 0.15) is 12.1 Å². The monoisotopic (exact) mass is 562 g/mol. The van der Waals surface area contributed by atoms with Crippen molar-refractivity contribution in [3.8, 4) is 0 Å². The summed E-state index contributed by atoms with van der Waals surface area (Å²) in [6, 6.07) is 9.88. The number of amides is 2. The van der Waals surface area contributed by atoms with Crippen molar-refractivity contribution in [2.24, 2.45) is 0 Å². The summed E-state index contributed by atoms with van der Waals surface area (Å²) in [4.78, 5) is 38.7. The normalized spacial score (nSPS) is 19.2. The van der Waals surface area contributed by atoms with E-state index in [9.17, 15) is 19.5 Å². The first-order valence-electron chi connectivity index (χ1n) is 13.6. The van der Waals surface area contributed by atoms with E-state index >= 15 is 4.39 Å². The van der Waals surface area contributed by atoms with Gasteiger partial charge in [0.25, 0.3) is 5.91 Å². The van der Waals surface area contributed by atoms with Crippen LogP contribution in [0.1, 0.15) is 48.9 Å². The fourth-order valence-corrected chi connectivity index (χ4v) is 5.26. The molecule has 2 amide bonds. The van der Waals surface area contributed by atoms with Crippen LogP contribution < -0.4 is 10.6 Å². The van der Waals surface area contributed by atoms with Crippen LogP contribution in [0.3, 0.4) is 0 Å². The highest BCUT2D eigenvalue weighted by Gasteiger charge is 2.41. The Hall–Kier alpha value is -3.21. The van der Waals surface area contributed by atoms with Gasteiger partial charge >= 0.3 is 0 Å². The Morgan fingerprint density at radius 2 is 1.90 bits per heavy atom. The molecule has 0 bridgehead atoms. The second kappa shape index (κ2) is 13.6. The molecule has 1 saturated heterocycles. The number of ether oxygens (including phenoxy) is 1. The summed E-state index contributed by atoms with van der Waals surface area (Å²) in [7, 11) is 14.1. The Morgan fingerprint density at radius 3 is 2.49 bits per heavy atom. The number of nitrogens with zero attached hydrogens (tertiary/aromatic N) is 2. The minimum absolute atomic E-state index is 0.0255. The molecule has 3 N–H and O–H groups in total. The first-order valence-corrected chi connectivity index (χ1v) is 13.6. The number of rotatable bonds is 13. The van der Waals surface area contributed by atoms with Crippen molar-refractivity contribution in [1.82, 2.24) is 15.1 Å². The second-order valence-corrected chi connectivity index (χ2v) is 10.7. The van der Waals surface area contributed by atoms with E-state index in [1.54, 1.807) is 37.3 Å². The van der Waals surface area contributed by atoms with Gasteiger partial charge in [0.05, 0.1) is 34.4 Å². The molecule has 3 unspecified atom stereocenters. The van der Waals surface area contributed by atoms with E-state index < -0.39 is 22.8 Å². The number of benzene rings is 2. The third-order valence-electron chi connectivity index (χ3n) is 7.26. The summed E-state index contributed by atoms with van der Waals surface area (Å²) in [6.07, 6.45) is 0.606.